The van der Waals surface area contributed by atoms with Crippen LogP contribution in [0.15, 0.2) is 54.7 Å². The Labute approximate surface area is 244 Å². The molecule has 1 N–H and O–H groups in total. The minimum atomic E-state index is -4.71. The van der Waals surface area contributed by atoms with E-state index in [0.29, 0.717) is 26.2 Å². The average Bonchev–Trinajstić information content (AvgIpc) is 3.37. The number of nitrogens with one attached hydrogen (secondary N) is 1. The van der Waals surface area contributed by atoms with Crippen LogP contribution in [0, 0.1) is 0 Å². The lowest BCUT2D eigenvalue weighted by molar-refractivity contribution is -0.216. The fourth-order valence-corrected chi connectivity index (χ4v) is 6.30. The normalized spacial score (nSPS) is 23.1. The number of aromatic nitrogens is 3. The molecule has 0 unspecified atom stereocenters. The van der Waals surface area contributed by atoms with Gasteiger partial charge >= 0.3 is 18.2 Å². The van der Waals surface area contributed by atoms with E-state index in [1.54, 1.807) is 9.58 Å². The molecule has 2 bridgehead atoms. The average molecular weight is 599 g/mol. The van der Waals surface area contributed by atoms with Crippen LogP contribution in [0.1, 0.15) is 51.5 Å². The number of methoxy groups -OCH3 is 1. The number of carbonyl (C=O) groups is 3. The SMILES string of the molecule is COC(=O)c1nn(C23CC(N4CCN(C(=O)OCc5ccccc5)CC4)(C2)C3)cc1NC(=O)c1cccc(C(F)(F)F)n1. The van der Waals surface area contributed by atoms with Crippen LogP contribution in [0.3, 0.4) is 0 Å². The van der Waals surface area contributed by atoms with Gasteiger partial charge in [0, 0.05) is 31.7 Å². The van der Waals surface area contributed by atoms with Crippen molar-refractivity contribution in [2.24, 2.45) is 0 Å². The second-order valence-electron chi connectivity index (χ2n) is 11.2. The van der Waals surface area contributed by atoms with Crippen molar-refractivity contribution in [1.82, 2.24) is 24.6 Å². The van der Waals surface area contributed by atoms with Gasteiger partial charge in [-0.25, -0.2) is 14.6 Å². The first-order valence-corrected chi connectivity index (χ1v) is 13.8. The molecule has 7 rings (SSSR count). The molecule has 1 saturated heterocycles. The van der Waals surface area contributed by atoms with Gasteiger partial charge in [0.15, 0.2) is 5.69 Å². The highest BCUT2D eigenvalue weighted by atomic mass is 19.4. The molecule has 14 heteroatoms. The lowest BCUT2D eigenvalue weighted by Gasteiger charge is -2.74. The molecule has 0 spiro atoms. The van der Waals surface area contributed by atoms with Gasteiger partial charge in [0.1, 0.15) is 18.0 Å². The van der Waals surface area contributed by atoms with Crippen LogP contribution >= 0.6 is 0 Å². The first-order chi connectivity index (χ1) is 20.5. The smallest absolute Gasteiger partial charge is 0.433 e. The van der Waals surface area contributed by atoms with Crippen molar-refractivity contribution in [1.29, 1.82) is 0 Å². The predicted octanol–water partition coefficient (Wildman–Crippen LogP) is 3.92. The molecular weight excluding hydrogens is 569 g/mol. The van der Waals surface area contributed by atoms with Crippen LogP contribution in [0.25, 0.3) is 0 Å². The molecule has 3 aliphatic carbocycles. The van der Waals surface area contributed by atoms with Crippen molar-refractivity contribution in [3.63, 3.8) is 0 Å². The van der Waals surface area contributed by atoms with Gasteiger partial charge in [-0.1, -0.05) is 36.4 Å². The summed E-state index contributed by atoms with van der Waals surface area (Å²) in [5, 5.41) is 6.89. The van der Waals surface area contributed by atoms with Crippen molar-refractivity contribution < 1.29 is 37.0 Å². The van der Waals surface area contributed by atoms with E-state index in [4.69, 9.17) is 9.47 Å². The Kier molecular flexibility index (Phi) is 7.11. The van der Waals surface area contributed by atoms with Gasteiger partial charge in [-0.3, -0.25) is 14.4 Å². The highest BCUT2D eigenvalue weighted by molar-refractivity contribution is 6.06. The molecule has 4 fully saturated rings. The van der Waals surface area contributed by atoms with E-state index < -0.39 is 29.4 Å². The minimum absolute atomic E-state index is 0.0254. The van der Waals surface area contributed by atoms with E-state index in [0.717, 1.165) is 43.0 Å². The van der Waals surface area contributed by atoms with Crippen LogP contribution in [0.5, 0.6) is 0 Å². The molecule has 0 radical (unpaired) electrons. The maximum Gasteiger partial charge on any atom is 0.433 e. The zero-order chi connectivity index (χ0) is 30.4. The Morgan fingerprint density at radius 3 is 2.30 bits per heavy atom. The third-order valence-corrected chi connectivity index (χ3v) is 8.49. The maximum atomic E-state index is 13.1. The van der Waals surface area contributed by atoms with E-state index in [9.17, 15) is 27.6 Å². The van der Waals surface area contributed by atoms with Crippen LogP contribution in [-0.4, -0.2) is 81.4 Å². The van der Waals surface area contributed by atoms with Crippen LogP contribution in [-0.2, 0) is 27.8 Å². The molecule has 3 saturated carbocycles. The third kappa shape index (κ3) is 5.31. The van der Waals surface area contributed by atoms with E-state index >= 15 is 0 Å². The quantitative estimate of drug-likeness (QED) is 0.407. The zero-order valence-corrected chi connectivity index (χ0v) is 23.3. The summed E-state index contributed by atoms with van der Waals surface area (Å²) in [7, 11) is 1.18. The predicted molar refractivity (Wildman–Crippen MR) is 145 cm³/mol. The molecule has 11 nitrogen and oxygen atoms in total. The monoisotopic (exact) mass is 598 g/mol. The van der Waals surface area contributed by atoms with E-state index in [-0.39, 0.29) is 35.2 Å². The number of piperazine rings is 1. The third-order valence-electron chi connectivity index (χ3n) is 8.49. The van der Waals surface area contributed by atoms with Gasteiger partial charge in [-0.2, -0.15) is 18.3 Å². The number of hydrogen-bond acceptors (Lipinski definition) is 8. The summed E-state index contributed by atoms with van der Waals surface area (Å²) < 4.78 is 51.2. The highest BCUT2D eigenvalue weighted by Crippen LogP contribution is 2.68. The van der Waals surface area contributed by atoms with E-state index in [1.807, 2.05) is 30.3 Å². The molecule has 4 aliphatic rings. The second-order valence-corrected chi connectivity index (χ2v) is 11.2. The Morgan fingerprint density at radius 2 is 1.65 bits per heavy atom. The Balaban J connectivity index is 1.07. The molecular formula is C29H29F3N6O5. The molecule has 2 aromatic heterocycles. The van der Waals surface area contributed by atoms with E-state index in [2.05, 4.69) is 20.3 Å². The summed E-state index contributed by atoms with van der Waals surface area (Å²) in [6.07, 6.45) is -1.23. The fourth-order valence-electron chi connectivity index (χ4n) is 6.30. The van der Waals surface area contributed by atoms with E-state index in [1.165, 1.54) is 13.3 Å². The number of esters is 1. The molecule has 43 heavy (non-hydrogen) atoms. The summed E-state index contributed by atoms with van der Waals surface area (Å²) in [6, 6.07) is 12.5. The van der Waals surface area contributed by atoms with Gasteiger partial charge in [0.05, 0.1) is 24.5 Å². The first-order valence-electron chi connectivity index (χ1n) is 13.8. The number of amides is 2. The number of halogens is 3. The number of anilines is 1. The zero-order valence-electron chi connectivity index (χ0n) is 23.3. The number of carbonyl (C=O) groups excluding carboxylic acids is 3. The second kappa shape index (κ2) is 10.7. The summed E-state index contributed by atoms with van der Waals surface area (Å²) in [5.74, 6) is -1.70. The van der Waals surface area contributed by atoms with Crippen molar-refractivity contribution in [3.05, 3.63) is 77.4 Å². The first kappa shape index (κ1) is 28.6. The molecule has 226 valence electrons. The number of alkyl halides is 3. The standard InChI is InChI=1S/C29H29F3N6O5/c1-42-25(40)23-21(34-24(39)20-8-5-9-22(33-20)29(30,31)32)14-38(35-23)28-16-27(17-28,18-28)37-12-10-36(11-13-37)26(41)43-15-19-6-3-2-4-7-19/h2-9,14H,10-13,15-18H2,1H3,(H,34,39). The van der Waals surface area contributed by atoms with Crippen molar-refractivity contribution in [2.45, 2.75) is 43.1 Å². The van der Waals surface area contributed by atoms with Gasteiger partial charge in [0.2, 0.25) is 0 Å². The molecule has 3 aromatic rings. The number of benzene rings is 1. The Morgan fingerprint density at radius 1 is 0.953 bits per heavy atom. The number of hydrogen-bond donors (Lipinski definition) is 1. The minimum Gasteiger partial charge on any atom is -0.464 e. The summed E-state index contributed by atoms with van der Waals surface area (Å²) >= 11 is 0. The molecule has 1 aliphatic heterocycles. The number of pyridine rings is 1. The molecule has 0 atom stereocenters. The highest BCUT2D eigenvalue weighted by Gasteiger charge is 2.72. The molecule has 3 heterocycles. The van der Waals surface area contributed by atoms with Gasteiger partial charge < -0.3 is 19.7 Å². The number of rotatable bonds is 7. The van der Waals surface area contributed by atoms with Crippen molar-refractivity contribution >= 4 is 23.7 Å². The van der Waals surface area contributed by atoms with Crippen LogP contribution < -0.4 is 5.32 Å². The Hall–Kier alpha value is -4.46. The number of nitrogens with zero attached hydrogens (tertiary/aromatic N) is 5. The van der Waals surface area contributed by atoms with Crippen LogP contribution in [0.2, 0.25) is 0 Å². The topological polar surface area (TPSA) is 119 Å². The molecule has 1 aromatic carbocycles. The lowest BCUT2D eigenvalue weighted by atomic mass is 9.43. The molecule has 2 amide bonds. The summed E-state index contributed by atoms with van der Waals surface area (Å²) in [4.78, 5) is 45.3. The van der Waals surface area contributed by atoms with Gasteiger partial charge in [-0.05, 0) is 37.0 Å². The largest absolute Gasteiger partial charge is 0.464 e. The summed E-state index contributed by atoms with van der Waals surface area (Å²) in [5.41, 5.74) is -1.24. The maximum absolute atomic E-state index is 13.1. The lowest BCUT2D eigenvalue weighted by Crippen LogP contribution is -2.80. The Bertz CT molecular complexity index is 1530. The van der Waals surface area contributed by atoms with Crippen LogP contribution in [0.4, 0.5) is 23.7 Å². The van der Waals surface area contributed by atoms with Crippen molar-refractivity contribution in [2.75, 3.05) is 38.6 Å². The number of ether oxygens (including phenoxy) is 2. The van der Waals surface area contributed by atoms with Gasteiger partial charge in [0.25, 0.3) is 5.91 Å². The fraction of sp³-hybridized carbons (Fsp3) is 0.414. The summed E-state index contributed by atoms with van der Waals surface area (Å²) in [6.45, 7) is 2.73. The van der Waals surface area contributed by atoms with Crippen molar-refractivity contribution in [3.8, 4) is 0 Å². The van der Waals surface area contributed by atoms with Gasteiger partial charge in [-0.15, -0.1) is 0 Å².